The van der Waals surface area contributed by atoms with E-state index in [0.29, 0.717) is 13.1 Å². The number of ether oxygens (including phenoxy) is 1. The van der Waals surface area contributed by atoms with Gasteiger partial charge in [0.05, 0.1) is 6.42 Å². The van der Waals surface area contributed by atoms with Crippen LogP contribution in [0.15, 0.2) is 12.7 Å². The Kier molecular flexibility index (Phi) is 13.3. The number of aliphatic carboxylic acids is 1. The molecule has 0 atom stereocenters. The van der Waals surface area contributed by atoms with Crippen molar-refractivity contribution in [2.75, 3.05) is 19.7 Å². The summed E-state index contributed by atoms with van der Waals surface area (Å²) in [6, 6.07) is 0. The fourth-order valence-electron chi connectivity index (χ4n) is 0.730. The van der Waals surface area contributed by atoms with E-state index in [1.54, 1.807) is 0 Å². The molecule has 0 aliphatic carbocycles. The van der Waals surface area contributed by atoms with Crippen molar-refractivity contribution in [1.29, 1.82) is 0 Å². The maximum absolute atomic E-state index is 10.9. The monoisotopic (exact) mass is 223 g/mol. The summed E-state index contributed by atoms with van der Waals surface area (Å²) in [7, 11) is 0. The quantitative estimate of drug-likeness (QED) is 0.195. The zero-order valence-electron chi connectivity index (χ0n) is 8.95. The first-order valence-electron chi connectivity index (χ1n) is 4.34. The van der Waals surface area contributed by atoms with Crippen LogP contribution in [0.2, 0.25) is 0 Å². The Morgan fingerprint density at radius 2 is 1.93 bits per heavy atom. The molecule has 15 heavy (non-hydrogen) atoms. The Labute approximate surface area is 111 Å². The van der Waals surface area contributed by atoms with Crippen LogP contribution in [0.4, 0.5) is 0 Å². The molecule has 0 saturated carbocycles. The van der Waals surface area contributed by atoms with Crippen LogP contribution < -0.4 is 40.0 Å². The van der Waals surface area contributed by atoms with Gasteiger partial charge in [-0.15, -0.1) is 0 Å². The summed E-state index contributed by atoms with van der Waals surface area (Å²) in [5, 5.41) is 12.8. The molecule has 0 unspecified atom stereocenters. The molecule has 0 radical (unpaired) electrons. The predicted molar refractivity (Wildman–Crippen MR) is 48.3 cm³/mol. The molecule has 0 rings (SSSR count). The van der Waals surface area contributed by atoms with E-state index in [2.05, 4.69) is 11.9 Å². The molecule has 0 amide bonds. The van der Waals surface area contributed by atoms with Crippen LogP contribution in [0, 0.1) is 0 Å². The second kappa shape index (κ2) is 11.7. The zero-order chi connectivity index (χ0) is 10.8. The smallest absolute Gasteiger partial charge is 0.550 e. The van der Waals surface area contributed by atoms with Gasteiger partial charge in [-0.25, -0.2) is 0 Å². The molecular formula is C9H14NNaO4. The average molecular weight is 223 g/mol. The zero-order valence-corrected chi connectivity index (χ0v) is 11.0. The van der Waals surface area contributed by atoms with Gasteiger partial charge in [-0.05, 0) is 6.42 Å². The fraction of sp³-hybridized carbons (Fsp3) is 0.556. The van der Waals surface area contributed by atoms with Crippen LogP contribution in [0.25, 0.3) is 0 Å². The van der Waals surface area contributed by atoms with Crippen molar-refractivity contribution in [2.45, 2.75) is 12.8 Å². The Morgan fingerprint density at radius 1 is 1.33 bits per heavy atom. The van der Waals surface area contributed by atoms with E-state index in [9.17, 15) is 14.7 Å². The molecule has 1 N–H and O–H groups in total. The molecule has 0 bridgehead atoms. The van der Waals surface area contributed by atoms with E-state index in [-0.39, 0.29) is 55.0 Å². The van der Waals surface area contributed by atoms with Crippen LogP contribution in [0.5, 0.6) is 0 Å². The number of carboxylic acid groups (broad SMARTS) is 1. The first kappa shape index (κ1) is 17.0. The Bertz CT molecular complexity index is 208. The number of carboxylic acids is 1. The van der Waals surface area contributed by atoms with E-state index in [1.165, 1.54) is 6.08 Å². The van der Waals surface area contributed by atoms with Crippen LogP contribution in [-0.2, 0) is 14.3 Å². The molecule has 6 heteroatoms. The van der Waals surface area contributed by atoms with Gasteiger partial charge in [0.15, 0.2) is 0 Å². The second-order valence-corrected chi connectivity index (χ2v) is 2.59. The summed E-state index contributed by atoms with van der Waals surface area (Å²) < 4.78 is 4.69. The first-order valence-corrected chi connectivity index (χ1v) is 4.34. The van der Waals surface area contributed by atoms with Crippen LogP contribution in [0.1, 0.15) is 12.8 Å². The standard InChI is InChI=1S/C9H15NO4.Na/c1-2-7-14-9(13)4-6-10-5-3-8(11)12;/h2,10H,1,3-7H2,(H,11,12);/q;+1/p-1. The third kappa shape index (κ3) is 13.6. The number of rotatable bonds is 8. The van der Waals surface area contributed by atoms with E-state index >= 15 is 0 Å². The molecular weight excluding hydrogens is 209 g/mol. The topological polar surface area (TPSA) is 78.5 Å². The van der Waals surface area contributed by atoms with Crippen LogP contribution >= 0.6 is 0 Å². The SMILES string of the molecule is C=CCOC(=O)CCNCCC(=O)[O-].[Na+]. The van der Waals surface area contributed by atoms with Gasteiger partial charge in [0.1, 0.15) is 6.61 Å². The van der Waals surface area contributed by atoms with E-state index in [0.717, 1.165) is 0 Å². The molecule has 5 nitrogen and oxygen atoms in total. The normalized spacial score (nSPS) is 8.80. The van der Waals surface area contributed by atoms with Crippen molar-refractivity contribution in [3.05, 3.63) is 12.7 Å². The van der Waals surface area contributed by atoms with Crippen molar-refractivity contribution < 1.29 is 49.0 Å². The molecule has 0 aliphatic rings. The average Bonchev–Trinajstić information content (AvgIpc) is 2.13. The second-order valence-electron chi connectivity index (χ2n) is 2.59. The van der Waals surface area contributed by atoms with Crippen molar-refractivity contribution >= 4 is 11.9 Å². The summed E-state index contributed by atoms with van der Waals surface area (Å²) in [4.78, 5) is 20.8. The van der Waals surface area contributed by atoms with Gasteiger partial charge < -0.3 is 20.0 Å². The Balaban J connectivity index is 0. The molecule has 0 aliphatic heterocycles. The minimum atomic E-state index is -1.10. The molecule has 0 saturated heterocycles. The largest absolute Gasteiger partial charge is 1.00 e. The molecule has 0 fully saturated rings. The van der Waals surface area contributed by atoms with Gasteiger partial charge in [0, 0.05) is 19.1 Å². The maximum Gasteiger partial charge on any atom is 1.00 e. The van der Waals surface area contributed by atoms with Gasteiger partial charge in [0.25, 0.3) is 0 Å². The molecule has 0 aromatic rings. The number of hydrogen-bond acceptors (Lipinski definition) is 5. The van der Waals surface area contributed by atoms with Gasteiger partial charge in [0.2, 0.25) is 0 Å². The van der Waals surface area contributed by atoms with Crippen LogP contribution in [-0.4, -0.2) is 31.6 Å². The Morgan fingerprint density at radius 3 is 2.47 bits per heavy atom. The summed E-state index contributed by atoms with van der Waals surface area (Å²) >= 11 is 0. The summed E-state index contributed by atoms with van der Waals surface area (Å²) in [5.41, 5.74) is 0. The van der Waals surface area contributed by atoms with E-state index in [4.69, 9.17) is 4.74 Å². The maximum atomic E-state index is 10.9. The van der Waals surface area contributed by atoms with Crippen LogP contribution in [0.3, 0.4) is 0 Å². The number of esters is 1. The third-order valence-corrected chi connectivity index (χ3v) is 1.37. The number of carbonyl (C=O) groups excluding carboxylic acids is 2. The number of hydrogen-bond donors (Lipinski definition) is 1. The first-order chi connectivity index (χ1) is 6.66. The minimum absolute atomic E-state index is 0. The summed E-state index contributed by atoms with van der Waals surface area (Å²) in [5.74, 6) is -1.43. The molecule has 0 aromatic heterocycles. The van der Waals surface area contributed by atoms with Crippen molar-refractivity contribution in [3.8, 4) is 0 Å². The fourth-order valence-corrected chi connectivity index (χ4v) is 0.730. The predicted octanol–water partition coefficient (Wildman–Crippen LogP) is -4.16. The molecule has 0 heterocycles. The van der Waals surface area contributed by atoms with Crippen molar-refractivity contribution in [3.63, 3.8) is 0 Å². The third-order valence-electron chi connectivity index (χ3n) is 1.37. The van der Waals surface area contributed by atoms with Crippen molar-refractivity contribution in [1.82, 2.24) is 5.32 Å². The molecule has 80 valence electrons. The van der Waals surface area contributed by atoms with Gasteiger partial charge in [-0.1, -0.05) is 12.7 Å². The Hall–Kier alpha value is -0.360. The summed E-state index contributed by atoms with van der Waals surface area (Å²) in [6.07, 6.45) is 1.66. The number of nitrogens with one attached hydrogen (secondary N) is 1. The van der Waals surface area contributed by atoms with Gasteiger partial charge in [-0.2, -0.15) is 0 Å². The number of carbonyl (C=O) groups is 2. The van der Waals surface area contributed by atoms with E-state index in [1.807, 2.05) is 0 Å². The van der Waals surface area contributed by atoms with Gasteiger partial charge in [-0.3, -0.25) is 4.79 Å². The minimum Gasteiger partial charge on any atom is -0.550 e. The van der Waals surface area contributed by atoms with E-state index < -0.39 is 5.97 Å². The van der Waals surface area contributed by atoms with Gasteiger partial charge >= 0.3 is 35.5 Å². The molecule has 0 aromatic carbocycles. The summed E-state index contributed by atoms with van der Waals surface area (Å²) in [6.45, 7) is 4.31. The van der Waals surface area contributed by atoms with Crippen molar-refractivity contribution in [2.24, 2.45) is 0 Å². The molecule has 0 spiro atoms.